The summed E-state index contributed by atoms with van der Waals surface area (Å²) < 4.78 is 5.20. The molecule has 3 rings (SSSR count). The first-order chi connectivity index (χ1) is 10.1. The first-order valence-corrected chi connectivity index (χ1v) is 7.47. The highest BCUT2D eigenvalue weighted by atomic mass is 16.5. The topological polar surface area (TPSA) is 53.0 Å². The maximum atomic E-state index is 12.6. The van der Waals surface area contributed by atoms with Crippen LogP contribution in [0.3, 0.4) is 0 Å². The van der Waals surface area contributed by atoms with Crippen LogP contribution < -0.4 is 4.90 Å². The number of ether oxygens (including phenoxy) is 1. The van der Waals surface area contributed by atoms with Gasteiger partial charge in [-0.3, -0.25) is 4.79 Å². The monoisotopic (exact) mass is 290 g/mol. The van der Waals surface area contributed by atoms with E-state index in [1.54, 1.807) is 19.2 Å². The van der Waals surface area contributed by atoms with Gasteiger partial charge in [0.25, 0.3) is 0 Å². The van der Waals surface area contributed by atoms with Crippen LogP contribution in [0.1, 0.15) is 12.8 Å². The van der Waals surface area contributed by atoms with Crippen LogP contribution in [0.2, 0.25) is 0 Å². The molecular formula is C16H22N2O3. The Bertz CT molecular complexity index is 520. The second-order valence-corrected chi connectivity index (χ2v) is 6.01. The number of aromatic hydroxyl groups is 1. The van der Waals surface area contributed by atoms with Gasteiger partial charge in [-0.05, 0) is 25.0 Å². The molecule has 21 heavy (non-hydrogen) atoms. The Kier molecular flexibility index (Phi) is 3.76. The normalized spacial score (nSPS) is 20.4. The minimum absolute atomic E-state index is 0.234. The molecule has 0 radical (unpaired) electrons. The Morgan fingerprint density at radius 2 is 2.00 bits per heavy atom. The molecule has 1 saturated carbocycles. The van der Waals surface area contributed by atoms with E-state index in [0.717, 1.165) is 44.7 Å². The average molecular weight is 290 g/mol. The summed E-state index contributed by atoms with van der Waals surface area (Å²) in [7, 11) is 1.66. The van der Waals surface area contributed by atoms with Crippen molar-refractivity contribution in [3.63, 3.8) is 0 Å². The molecular weight excluding hydrogens is 268 g/mol. The van der Waals surface area contributed by atoms with Gasteiger partial charge in [-0.25, -0.2) is 0 Å². The summed E-state index contributed by atoms with van der Waals surface area (Å²) in [5.74, 6) is 0.531. The number of carbonyl (C=O) groups is 1. The summed E-state index contributed by atoms with van der Waals surface area (Å²) in [6.07, 6.45) is 1.90. The van der Waals surface area contributed by atoms with Gasteiger partial charge < -0.3 is 19.6 Å². The zero-order valence-electron chi connectivity index (χ0n) is 12.4. The molecule has 0 bridgehead atoms. The summed E-state index contributed by atoms with van der Waals surface area (Å²) in [6, 6.07) is 7.28. The first kappa shape index (κ1) is 14.2. The predicted octanol–water partition coefficient (Wildman–Crippen LogP) is 1.47. The molecule has 1 heterocycles. The zero-order valence-corrected chi connectivity index (χ0v) is 12.4. The van der Waals surface area contributed by atoms with Crippen LogP contribution in [0, 0.1) is 5.41 Å². The number of rotatable bonds is 4. The summed E-state index contributed by atoms with van der Waals surface area (Å²) in [4.78, 5) is 16.7. The van der Waals surface area contributed by atoms with E-state index in [-0.39, 0.29) is 17.1 Å². The van der Waals surface area contributed by atoms with Crippen LogP contribution >= 0.6 is 0 Å². The quantitative estimate of drug-likeness (QED) is 0.912. The second kappa shape index (κ2) is 5.56. The van der Waals surface area contributed by atoms with Crippen LogP contribution in [-0.4, -0.2) is 55.8 Å². The fourth-order valence-electron chi connectivity index (χ4n) is 3.04. The van der Waals surface area contributed by atoms with Crippen molar-refractivity contribution < 1.29 is 14.6 Å². The lowest BCUT2D eigenvalue weighted by atomic mass is 10.1. The molecule has 1 saturated heterocycles. The largest absolute Gasteiger partial charge is 0.508 e. The van der Waals surface area contributed by atoms with Gasteiger partial charge in [0.05, 0.1) is 12.0 Å². The lowest BCUT2D eigenvalue weighted by molar-refractivity contribution is -0.139. The number of phenols is 1. The molecule has 1 aromatic rings. The molecule has 1 amide bonds. The van der Waals surface area contributed by atoms with Gasteiger partial charge >= 0.3 is 0 Å². The molecule has 0 spiro atoms. The van der Waals surface area contributed by atoms with Gasteiger partial charge in [0.15, 0.2) is 0 Å². The number of nitrogens with zero attached hydrogens (tertiary/aromatic N) is 2. The molecule has 0 unspecified atom stereocenters. The van der Waals surface area contributed by atoms with Gasteiger partial charge in [-0.1, -0.05) is 6.07 Å². The number of hydrogen-bond acceptors (Lipinski definition) is 4. The number of hydrogen-bond donors (Lipinski definition) is 1. The Morgan fingerprint density at radius 3 is 2.57 bits per heavy atom. The van der Waals surface area contributed by atoms with Crippen LogP contribution in [-0.2, 0) is 9.53 Å². The van der Waals surface area contributed by atoms with Crippen molar-refractivity contribution in [2.24, 2.45) is 5.41 Å². The van der Waals surface area contributed by atoms with E-state index in [1.165, 1.54) is 0 Å². The number of anilines is 1. The van der Waals surface area contributed by atoms with Crippen LogP contribution in [0.15, 0.2) is 24.3 Å². The standard InChI is InChI=1S/C16H22N2O3/c1-21-12-16(5-6-16)15(20)18-9-7-17(8-10-18)13-3-2-4-14(19)11-13/h2-4,11,19H,5-10,12H2,1H3. The average Bonchev–Trinajstić information content (AvgIpc) is 3.28. The van der Waals surface area contributed by atoms with Crippen molar-refractivity contribution in [3.05, 3.63) is 24.3 Å². The Labute approximate surface area is 125 Å². The van der Waals surface area contributed by atoms with Crippen molar-refractivity contribution in [1.82, 2.24) is 4.90 Å². The highest BCUT2D eigenvalue weighted by Crippen LogP contribution is 2.47. The van der Waals surface area contributed by atoms with Gasteiger partial charge in [0.1, 0.15) is 5.75 Å². The van der Waals surface area contributed by atoms with Crippen molar-refractivity contribution in [2.75, 3.05) is 44.8 Å². The number of methoxy groups -OCH3 is 1. The molecule has 114 valence electrons. The third-order valence-corrected chi connectivity index (χ3v) is 4.49. The summed E-state index contributed by atoms with van der Waals surface area (Å²) in [6.45, 7) is 3.62. The molecule has 2 aliphatic rings. The minimum atomic E-state index is -0.234. The van der Waals surface area contributed by atoms with Crippen molar-refractivity contribution in [3.8, 4) is 5.75 Å². The summed E-state index contributed by atoms with van der Waals surface area (Å²) in [5.41, 5.74) is 0.780. The highest BCUT2D eigenvalue weighted by molar-refractivity contribution is 5.85. The fraction of sp³-hybridized carbons (Fsp3) is 0.562. The maximum Gasteiger partial charge on any atom is 0.231 e. The van der Waals surface area contributed by atoms with Crippen LogP contribution in [0.4, 0.5) is 5.69 Å². The third kappa shape index (κ3) is 2.83. The lowest BCUT2D eigenvalue weighted by Gasteiger charge is -2.37. The molecule has 1 aliphatic heterocycles. The predicted molar refractivity (Wildman–Crippen MR) is 80.4 cm³/mol. The lowest BCUT2D eigenvalue weighted by Crippen LogP contribution is -2.51. The number of benzene rings is 1. The summed E-state index contributed by atoms with van der Waals surface area (Å²) in [5, 5.41) is 9.55. The van der Waals surface area contributed by atoms with Gasteiger partial charge in [-0.15, -0.1) is 0 Å². The number of carbonyl (C=O) groups excluding carboxylic acids is 1. The van der Waals surface area contributed by atoms with Crippen molar-refractivity contribution in [2.45, 2.75) is 12.8 Å². The van der Waals surface area contributed by atoms with Crippen molar-refractivity contribution >= 4 is 11.6 Å². The summed E-state index contributed by atoms with van der Waals surface area (Å²) >= 11 is 0. The zero-order chi connectivity index (χ0) is 14.9. The minimum Gasteiger partial charge on any atom is -0.508 e. The van der Waals surface area contributed by atoms with E-state index in [2.05, 4.69) is 4.90 Å². The third-order valence-electron chi connectivity index (χ3n) is 4.49. The van der Waals surface area contributed by atoms with Gasteiger partial charge in [0.2, 0.25) is 5.91 Å². The molecule has 1 N–H and O–H groups in total. The van der Waals surface area contributed by atoms with E-state index in [4.69, 9.17) is 4.74 Å². The fourth-order valence-corrected chi connectivity index (χ4v) is 3.04. The molecule has 1 aliphatic carbocycles. The SMILES string of the molecule is COCC1(C(=O)N2CCN(c3cccc(O)c3)CC2)CC1. The first-order valence-electron chi connectivity index (χ1n) is 7.47. The van der Waals surface area contributed by atoms with E-state index in [9.17, 15) is 9.90 Å². The number of amides is 1. The maximum absolute atomic E-state index is 12.6. The molecule has 2 fully saturated rings. The second-order valence-electron chi connectivity index (χ2n) is 6.01. The van der Waals surface area contributed by atoms with Gasteiger partial charge in [-0.2, -0.15) is 0 Å². The number of phenolic OH excluding ortho intramolecular Hbond substituents is 1. The molecule has 1 aromatic carbocycles. The Hall–Kier alpha value is -1.75. The Morgan fingerprint density at radius 1 is 1.29 bits per heavy atom. The molecule has 5 nitrogen and oxygen atoms in total. The van der Waals surface area contributed by atoms with E-state index >= 15 is 0 Å². The van der Waals surface area contributed by atoms with Gasteiger partial charge in [0, 0.05) is 45.0 Å². The Balaban J connectivity index is 1.59. The molecule has 0 atom stereocenters. The van der Waals surface area contributed by atoms with E-state index in [0.29, 0.717) is 6.61 Å². The van der Waals surface area contributed by atoms with E-state index in [1.807, 2.05) is 17.0 Å². The molecule has 5 heteroatoms. The number of piperazine rings is 1. The highest BCUT2D eigenvalue weighted by Gasteiger charge is 2.51. The van der Waals surface area contributed by atoms with E-state index < -0.39 is 0 Å². The van der Waals surface area contributed by atoms with Crippen LogP contribution in [0.5, 0.6) is 5.75 Å². The smallest absolute Gasteiger partial charge is 0.231 e. The van der Waals surface area contributed by atoms with Crippen molar-refractivity contribution in [1.29, 1.82) is 0 Å². The van der Waals surface area contributed by atoms with Crippen LogP contribution in [0.25, 0.3) is 0 Å². The molecule has 0 aromatic heterocycles.